The van der Waals surface area contributed by atoms with Crippen molar-refractivity contribution in [2.45, 2.75) is 39.3 Å². The number of aryl methyl sites for hydroxylation is 1. The summed E-state index contributed by atoms with van der Waals surface area (Å²) >= 11 is 0. The molecule has 0 amide bonds. The molecular formula is C12H17N3O. The van der Waals surface area contributed by atoms with Crippen molar-refractivity contribution >= 4 is 5.82 Å². The lowest BCUT2D eigenvalue weighted by molar-refractivity contribution is 0.648. The molecule has 0 saturated heterocycles. The fraction of sp³-hybridized carbons (Fsp3) is 0.500. The molecule has 0 bridgehead atoms. The van der Waals surface area contributed by atoms with Crippen LogP contribution in [0.5, 0.6) is 0 Å². The average Bonchev–Trinajstić information content (AvgIpc) is 2.30. The molecule has 16 heavy (non-hydrogen) atoms. The van der Waals surface area contributed by atoms with Gasteiger partial charge in [-0.05, 0) is 12.8 Å². The third-order valence-electron chi connectivity index (χ3n) is 2.30. The van der Waals surface area contributed by atoms with Crippen LogP contribution in [0.2, 0.25) is 0 Å². The van der Waals surface area contributed by atoms with Gasteiger partial charge in [0.05, 0.1) is 6.04 Å². The molecule has 1 aromatic rings. The van der Waals surface area contributed by atoms with Crippen molar-refractivity contribution in [3.05, 3.63) is 22.7 Å². The van der Waals surface area contributed by atoms with Crippen LogP contribution < -0.4 is 10.9 Å². The first-order chi connectivity index (χ1) is 7.72. The molecule has 0 spiro atoms. The van der Waals surface area contributed by atoms with Crippen LogP contribution in [0.25, 0.3) is 0 Å². The number of aromatic nitrogens is 2. The van der Waals surface area contributed by atoms with E-state index in [4.69, 9.17) is 6.42 Å². The summed E-state index contributed by atoms with van der Waals surface area (Å²) in [6.07, 6.45) is 10.3. The monoisotopic (exact) mass is 219 g/mol. The van der Waals surface area contributed by atoms with E-state index in [-0.39, 0.29) is 11.6 Å². The minimum atomic E-state index is -0.141. The van der Waals surface area contributed by atoms with Gasteiger partial charge in [-0.2, -0.15) is 0 Å². The summed E-state index contributed by atoms with van der Waals surface area (Å²) in [4.78, 5) is 15.9. The zero-order chi connectivity index (χ0) is 12.0. The van der Waals surface area contributed by atoms with E-state index in [1.807, 2.05) is 13.8 Å². The van der Waals surface area contributed by atoms with Crippen LogP contribution in [0, 0.1) is 12.3 Å². The number of rotatable bonds is 5. The molecule has 86 valence electrons. The molecule has 1 atom stereocenters. The van der Waals surface area contributed by atoms with Crippen LogP contribution in [0.1, 0.15) is 26.7 Å². The SMILES string of the molecule is C#CC(CC)Nc1nccn(CCC)c1=O. The van der Waals surface area contributed by atoms with Crippen molar-refractivity contribution in [3.8, 4) is 12.3 Å². The minimum absolute atomic E-state index is 0.113. The van der Waals surface area contributed by atoms with E-state index in [0.29, 0.717) is 12.4 Å². The zero-order valence-electron chi connectivity index (χ0n) is 9.73. The summed E-state index contributed by atoms with van der Waals surface area (Å²) < 4.78 is 1.64. The summed E-state index contributed by atoms with van der Waals surface area (Å²) in [5, 5.41) is 2.96. The lowest BCUT2D eigenvalue weighted by Gasteiger charge is -2.12. The molecule has 1 rings (SSSR count). The summed E-state index contributed by atoms with van der Waals surface area (Å²) in [6.45, 7) is 4.68. The first kappa shape index (κ1) is 12.3. The molecule has 0 aliphatic rings. The molecule has 1 unspecified atom stereocenters. The highest BCUT2D eigenvalue weighted by Gasteiger charge is 2.07. The molecule has 1 N–H and O–H groups in total. The van der Waals surface area contributed by atoms with Gasteiger partial charge in [0.25, 0.3) is 5.56 Å². The van der Waals surface area contributed by atoms with Gasteiger partial charge in [0.2, 0.25) is 0 Å². The lowest BCUT2D eigenvalue weighted by Crippen LogP contribution is -2.28. The van der Waals surface area contributed by atoms with Crippen LogP contribution in [0.3, 0.4) is 0 Å². The van der Waals surface area contributed by atoms with Gasteiger partial charge in [-0.25, -0.2) is 4.98 Å². The van der Waals surface area contributed by atoms with Gasteiger partial charge in [0, 0.05) is 18.9 Å². The fourth-order valence-corrected chi connectivity index (χ4v) is 1.39. The van der Waals surface area contributed by atoms with E-state index in [0.717, 1.165) is 12.8 Å². The first-order valence-corrected chi connectivity index (χ1v) is 5.51. The van der Waals surface area contributed by atoms with Crippen LogP contribution in [-0.4, -0.2) is 15.6 Å². The topological polar surface area (TPSA) is 46.9 Å². The molecule has 0 saturated carbocycles. The number of anilines is 1. The second-order valence-corrected chi connectivity index (χ2v) is 3.55. The molecule has 0 aliphatic carbocycles. The highest BCUT2D eigenvalue weighted by Crippen LogP contribution is 1.99. The van der Waals surface area contributed by atoms with Gasteiger partial charge >= 0.3 is 0 Å². The van der Waals surface area contributed by atoms with E-state index in [9.17, 15) is 4.79 Å². The van der Waals surface area contributed by atoms with Gasteiger partial charge in [0.1, 0.15) is 0 Å². The Morgan fingerprint density at radius 3 is 2.94 bits per heavy atom. The largest absolute Gasteiger partial charge is 0.352 e. The zero-order valence-corrected chi connectivity index (χ0v) is 9.73. The fourth-order valence-electron chi connectivity index (χ4n) is 1.39. The van der Waals surface area contributed by atoms with Gasteiger partial charge in [0.15, 0.2) is 5.82 Å². The third-order valence-corrected chi connectivity index (χ3v) is 2.30. The van der Waals surface area contributed by atoms with E-state index >= 15 is 0 Å². The van der Waals surface area contributed by atoms with E-state index in [2.05, 4.69) is 16.2 Å². The van der Waals surface area contributed by atoms with Gasteiger partial charge in [-0.3, -0.25) is 4.79 Å². The maximum Gasteiger partial charge on any atom is 0.293 e. The number of nitrogens with one attached hydrogen (secondary N) is 1. The Balaban J connectivity index is 2.93. The Bertz CT molecular complexity index is 431. The molecule has 0 fully saturated rings. The normalized spacial score (nSPS) is 11.8. The van der Waals surface area contributed by atoms with Gasteiger partial charge in [-0.1, -0.05) is 19.8 Å². The van der Waals surface area contributed by atoms with Crippen LogP contribution in [-0.2, 0) is 6.54 Å². The van der Waals surface area contributed by atoms with E-state index in [1.54, 1.807) is 17.0 Å². The van der Waals surface area contributed by atoms with Crippen molar-refractivity contribution in [3.63, 3.8) is 0 Å². The molecule has 0 radical (unpaired) electrons. The molecule has 4 heteroatoms. The maximum absolute atomic E-state index is 11.9. The molecule has 0 aromatic carbocycles. The Hall–Kier alpha value is -1.76. The van der Waals surface area contributed by atoms with Crippen LogP contribution in [0.15, 0.2) is 17.2 Å². The minimum Gasteiger partial charge on any atom is -0.352 e. The maximum atomic E-state index is 11.9. The number of terminal acetylenes is 1. The standard InChI is InChI=1S/C12H17N3O/c1-4-8-15-9-7-13-11(12(15)16)14-10(5-2)6-3/h2,7,9-10H,4,6,8H2,1,3H3,(H,13,14). The highest BCUT2D eigenvalue weighted by atomic mass is 16.1. The van der Waals surface area contributed by atoms with Crippen molar-refractivity contribution < 1.29 is 0 Å². The Morgan fingerprint density at radius 1 is 1.62 bits per heavy atom. The van der Waals surface area contributed by atoms with Crippen molar-refractivity contribution in [2.75, 3.05) is 5.32 Å². The predicted molar refractivity (Wildman–Crippen MR) is 65.3 cm³/mol. The molecular weight excluding hydrogens is 202 g/mol. The average molecular weight is 219 g/mol. The molecule has 1 heterocycles. The van der Waals surface area contributed by atoms with Crippen molar-refractivity contribution in [1.29, 1.82) is 0 Å². The van der Waals surface area contributed by atoms with E-state index in [1.165, 1.54) is 0 Å². The highest BCUT2D eigenvalue weighted by molar-refractivity contribution is 5.35. The van der Waals surface area contributed by atoms with Crippen LogP contribution >= 0.6 is 0 Å². The first-order valence-electron chi connectivity index (χ1n) is 5.51. The summed E-state index contributed by atoms with van der Waals surface area (Å²) in [7, 11) is 0. The molecule has 1 aromatic heterocycles. The van der Waals surface area contributed by atoms with Crippen molar-refractivity contribution in [2.24, 2.45) is 0 Å². The predicted octanol–water partition coefficient (Wildman–Crippen LogP) is 1.48. The summed E-state index contributed by atoms with van der Waals surface area (Å²) in [6, 6.07) is -0.141. The quantitative estimate of drug-likeness (QED) is 0.763. The Labute approximate surface area is 95.7 Å². The van der Waals surface area contributed by atoms with Crippen molar-refractivity contribution in [1.82, 2.24) is 9.55 Å². The number of hydrogen-bond donors (Lipinski definition) is 1. The smallest absolute Gasteiger partial charge is 0.293 e. The van der Waals surface area contributed by atoms with Gasteiger partial charge in [-0.15, -0.1) is 6.42 Å². The molecule has 4 nitrogen and oxygen atoms in total. The second-order valence-electron chi connectivity index (χ2n) is 3.55. The molecule has 0 aliphatic heterocycles. The Kier molecular flexibility index (Phi) is 4.59. The summed E-state index contributed by atoms with van der Waals surface area (Å²) in [5.74, 6) is 2.91. The number of hydrogen-bond acceptors (Lipinski definition) is 3. The lowest BCUT2D eigenvalue weighted by atomic mass is 10.2. The Morgan fingerprint density at radius 2 is 2.38 bits per heavy atom. The number of nitrogens with zero attached hydrogens (tertiary/aromatic N) is 2. The summed E-state index contributed by atoms with van der Waals surface area (Å²) in [5.41, 5.74) is -0.113. The van der Waals surface area contributed by atoms with E-state index < -0.39 is 0 Å². The third kappa shape index (κ3) is 2.86. The van der Waals surface area contributed by atoms with Crippen LogP contribution in [0.4, 0.5) is 5.82 Å². The second kappa shape index (κ2) is 5.96. The van der Waals surface area contributed by atoms with Gasteiger partial charge < -0.3 is 9.88 Å².